The second-order valence-corrected chi connectivity index (χ2v) is 6.93. The van der Waals surface area contributed by atoms with E-state index in [0.717, 1.165) is 62.2 Å². The number of benzene rings is 1. The van der Waals surface area contributed by atoms with Crippen molar-refractivity contribution in [3.8, 4) is 5.75 Å². The largest absolute Gasteiger partial charge is 0.508 e. The van der Waals surface area contributed by atoms with E-state index in [-0.39, 0.29) is 12.1 Å². The number of likely N-dealkylation sites (tertiary alicyclic amines) is 2. The molecular formula is C22H34N2O3. The smallest absolute Gasteiger partial charge is 0.320 e. The number of urea groups is 1. The maximum atomic E-state index is 12.5. The third kappa shape index (κ3) is 5.41. The van der Waals surface area contributed by atoms with E-state index in [1.54, 1.807) is 6.08 Å². The van der Waals surface area contributed by atoms with Gasteiger partial charge in [-0.2, -0.15) is 0 Å². The van der Waals surface area contributed by atoms with Crippen molar-refractivity contribution in [2.45, 2.75) is 59.5 Å². The van der Waals surface area contributed by atoms with Crippen LogP contribution in [-0.4, -0.2) is 53.2 Å². The van der Waals surface area contributed by atoms with Gasteiger partial charge < -0.3 is 19.6 Å². The summed E-state index contributed by atoms with van der Waals surface area (Å²) >= 11 is 0. The number of allylic oxidation sites excluding steroid dienone is 1. The molecule has 1 N–H and O–H groups in total. The van der Waals surface area contributed by atoms with E-state index >= 15 is 0 Å². The number of aryl methyl sites for hydroxylation is 1. The normalized spacial score (nSPS) is 19.7. The zero-order valence-electron chi connectivity index (χ0n) is 17.2. The number of aliphatic hydroxyl groups excluding tert-OH is 1. The van der Waals surface area contributed by atoms with Crippen molar-refractivity contribution in [1.29, 1.82) is 0 Å². The number of hydrogen-bond donors (Lipinski definition) is 1. The number of hydrogen-bond acceptors (Lipinski definition) is 3. The molecule has 0 saturated carbocycles. The first kappa shape index (κ1) is 21.1. The molecule has 0 aliphatic carbocycles. The van der Waals surface area contributed by atoms with Gasteiger partial charge >= 0.3 is 6.03 Å². The lowest BCUT2D eigenvalue weighted by atomic mass is 10.1. The standard InChI is InChI=1S/C20H28N2O3.C2H6/c1-3-6-18(23)16-7-8-19(15(2)13-16)25-17-9-12-22(14-17)20(24)21-10-4-5-11-21;1-2/h6-8,13,17,23H,3-5,9-12,14H2,1-2H3;1-2H3/b18-6-;. The van der Waals surface area contributed by atoms with Gasteiger partial charge in [0.25, 0.3) is 0 Å². The predicted octanol–water partition coefficient (Wildman–Crippen LogP) is 5.00. The van der Waals surface area contributed by atoms with Crippen molar-refractivity contribution in [3.63, 3.8) is 0 Å². The van der Waals surface area contributed by atoms with Crippen molar-refractivity contribution in [2.75, 3.05) is 26.2 Å². The minimum absolute atomic E-state index is 0.0379. The summed E-state index contributed by atoms with van der Waals surface area (Å²) < 4.78 is 6.13. The highest BCUT2D eigenvalue weighted by Gasteiger charge is 2.31. The van der Waals surface area contributed by atoms with Crippen LogP contribution < -0.4 is 4.74 Å². The number of nitrogens with zero attached hydrogens (tertiary/aromatic N) is 2. The van der Waals surface area contributed by atoms with E-state index in [2.05, 4.69) is 0 Å². The fourth-order valence-corrected chi connectivity index (χ4v) is 3.54. The van der Waals surface area contributed by atoms with E-state index < -0.39 is 0 Å². The summed E-state index contributed by atoms with van der Waals surface area (Å²) in [4.78, 5) is 16.3. The third-order valence-electron chi connectivity index (χ3n) is 4.95. The molecule has 5 heteroatoms. The molecule has 2 aliphatic heterocycles. The highest BCUT2D eigenvalue weighted by atomic mass is 16.5. The van der Waals surface area contributed by atoms with Crippen molar-refractivity contribution in [3.05, 3.63) is 35.4 Å². The molecule has 1 aromatic rings. The summed E-state index contributed by atoms with van der Waals surface area (Å²) in [5, 5.41) is 9.99. The van der Waals surface area contributed by atoms with E-state index in [1.165, 1.54) is 0 Å². The number of rotatable bonds is 4. The maximum Gasteiger partial charge on any atom is 0.320 e. The average Bonchev–Trinajstić information content (AvgIpc) is 3.37. The number of aliphatic hydroxyl groups is 1. The van der Waals surface area contributed by atoms with E-state index in [1.807, 2.05) is 55.7 Å². The van der Waals surface area contributed by atoms with Crippen molar-refractivity contribution in [2.24, 2.45) is 0 Å². The Bertz CT molecular complexity index is 651. The Labute approximate surface area is 163 Å². The van der Waals surface area contributed by atoms with E-state index in [0.29, 0.717) is 12.3 Å². The van der Waals surface area contributed by atoms with Gasteiger partial charge in [-0.15, -0.1) is 0 Å². The van der Waals surface area contributed by atoms with Crippen LogP contribution in [0.25, 0.3) is 5.76 Å². The van der Waals surface area contributed by atoms with Gasteiger partial charge in [0.05, 0.1) is 6.54 Å². The van der Waals surface area contributed by atoms with Gasteiger partial charge in [0.1, 0.15) is 17.6 Å². The molecule has 27 heavy (non-hydrogen) atoms. The Morgan fingerprint density at radius 2 is 1.93 bits per heavy atom. The lowest BCUT2D eigenvalue weighted by Crippen LogP contribution is -2.41. The van der Waals surface area contributed by atoms with Gasteiger partial charge in [-0.25, -0.2) is 4.79 Å². The fourth-order valence-electron chi connectivity index (χ4n) is 3.54. The first-order valence-corrected chi connectivity index (χ1v) is 10.3. The summed E-state index contributed by atoms with van der Waals surface area (Å²) in [6.45, 7) is 11.2. The molecule has 3 rings (SSSR count). The summed E-state index contributed by atoms with van der Waals surface area (Å²) in [6.07, 6.45) is 5.73. The summed E-state index contributed by atoms with van der Waals surface area (Å²) in [7, 11) is 0. The Morgan fingerprint density at radius 1 is 1.22 bits per heavy atom. The van der Waals surface area contributed by atoms with Gasteiger partial charge in [-0.1, -0.05) is 20.8 Å². The molecule has 1 atom stereocenters. The molecule has 2 aliphatic rings. The summed E-state index contributed by atoms with van der Waals surface area (Å²) in [6, 6.07) is 5.89. The highest BCUT2D eigenvalue weighted by Crippen LogP contribution is 2.26. The maximum absolute atomic E-state index is 12.5. The first-order chi connectivity index (χ1) is 13.1. The van der Waals surface area contributed by atoms with Crippen LogP contribution in [0.3, 0.4) is 0 Å². The third-order valence-corrected chi connectivity index (χ3v) is 4.95. The topological polar surface area (TPSA) is 53.0 Å². The van der Waals surface area contributed by atoms with Crippen molar-refractivity contribution < 1.29 is 14.6 Å². The summed E-state index contributed by atoms with van der Waals surface area (Å²) in [5.41, 5.74) is 1.81. The zero-order valence-corrected chi connectivity index (χ0v) is 17.2. The average molecular weight is 375 g/mol. The number of carbonyl (C=O) groups excluding carboxylic acids is 1. The molecule has 0 radical (unpaired) electrons. The molecule has 2 saturated heterocycles. The van der Waals surface area contributed by atoms with E-state index in [9.17, 15) is 9.90 Å². The Hall–Kier alpha value is -2.17. The van der Waals surface area contributed by atoms with Crippen molar-refractivity contribution in [1.82, 2.24) is 9.80 Å². The van der Waals surface area contributed by atoms with Crippen LogP contribution in [0, 0.1) is 6.92 Å². The van der Waals surface area contributed by atoms with Crippen LogP contribution in [0.2, 0.25) is 0 Å². The fraction of sp³-hybridized carbons (Fsp3) is 0.591. The number of ether oxygens (including phenoxy) is 1. The second-order valence-electron chi connectivity index (χ2n) is 6.93. The first-order valence-electron chi connectivity index (χ1n) is 10.3. The summed E-state index contributed by atoms with van der Waals surface area (Å²) in [5.74, 6) is 1.13. The quantitative estimate of drug-likeness (QED) is 0.755. The minimum Gasteiger partial charge on any atom is -0.508 e. The van der Waals surface area contributed by atoms with Gasteiger partial charge in [0, 0.05) is 31.6 Å². The molecule has 2 amide bonds. The van der Waals surface area contributed by atoms with E-state index in [4.69, 9.17) is 4.74 Å². The van der Waals surface area contributed by atoms with Crippen LogP contribution >= 0.6 is 0 Å². The molecule has 2 fully saturated rings. The second kappa shape index (κ2) is 10.2. The van der Waals surface area contributed by atoms with Crippen molar-refractivity contribution >= 4 is 11.8 Å². The number of carbonyl (C=O) groups is 1. The molecule has 1 unspecified atom stereocenters. The van der Waals surface area contributed by atoms with Crippen LogP contribution in [0.5, 0.6) is 5.75 Å². The Balaban J connectivity index is 0.00000126. The molecule has 5 nitrogen and oxygen atoms in total. The lowest BCUT2D eigenvalue weighted by Gasteiger charge is -2.24. The molecule has 2 heterocycles. The molecule has 0 aromatic heterocycles. The molecular weight excluding hydrogens is 340 g/mol. The number of amides is 2. The highest BCUT2D eigenvalue weighted by molar-refractivity contribution is 5.75. The van der Waals surface area contributed by atoms with Crippen LogP contribution in [0.4, 0.5) is 4.79 Å². The lowest BCUT2D eigenvalue weighted by molar-refractivity contribution is 0.160. The van der Waals surface area contributed by atoms with Crippen LogP contribution in [0.15, 0.2) is 24.3 Å². The van der Waals surface area contributed by atoms with Gasteiger partial charge in [-0.05, 0) is 56.0 Å². The SMILES string of the molecule is CC.CC/C=C(\O)c1ccc(OC2CCN(C(=O)N3CCCC3)C2)c(C)c1. The minimum atomic E-state index is 0.0379. The Morgan fingerprint density at radius 3 is 2.56 bits per heavy atom. The molecule has 0 spiro atoms. The van der Waals surface area contributed by atoms with Gasteiger partial charge in [0.15, 0.2) is 0 Å². The predicted molar refractivity (Wildman–Crippen MR) is 110 cm³/mol. The molecule has 1 aromatic carbocycles. The monoisotopic (exact) mass is 374 g/mol. The zero-order chi connectivity index (χ0) is 19.8. The van der Waals surface area contributed by atoms with Gasteiger partial charge in [-0.3, -0.25) is 0 Å². The van der Waals surface area contributed by atoms with Crippen LogP contribution in [0.1, 0.15) is 57.6 Å². The Kier molecular flexibility index (Phi) is 8.01. The molecule has 150 valence electrons. The molecule has 0 bridgehead atoms. The van der Waals surface area contributed by atoms with Gasteiger partial charge in [0.2, 0.25) is 0 Å². The van der Waals surface area contributed by atoms with Crippen LogP contribution in [-0.2, 0) is 0 Å².